The van der Waals surface area contributed by atoms with Crippen molar-refractivity contribution < 1.29 is 4.42 Å². The van der Waals surface area contributed by atoms with Crippen LogP contribution in [-0.2, 0) is 0 Å². The molecular formula is C51H32N4O. The Bertz CT molecular complexity index is 3240. The van der Waals surface area contributed by atoms with Crippen LogP contribution in [0.1, 0.15) is 0 Å². The zero-order chi connectivity index (χ0) is 37.0. The van der Waals surface area contributed by atoms with Crippen LogP contribution in [0.4, 0.5) is 0 Å². The average molecular weight is 717 g/mol. The molecule has 0 aliphatic rings. The monoisotopic (exact) mass is 716 g/mol. The van der Waals surface area contributed by atoms with Gasteiger partial charge in [-0.1, -0.05) is 146 Å². The van der Waals surface area contributed by atoms with E-state index >= 15 is 0 Å². The van der Waals surface area contributed by atoms with E-state index in [2.05, 4.69) is 156 Å². The molecule has 5 nitrogen and oxygen atoms in total. The lowest BCUT2D eigenvalue weighted by molar-refractivity contribution is 0.669. The molecule has 11 aromatic rings. The van der Waals surface area contributed by atoms with Gasteiger partial charge in [-0.05, 0) is 70.8 Å². The van der Waals surface area contributed by atoms with E-state index in [1.807, 2.05) is 42.5 Å². The summed E-state index contributed by atoms with van der Waals surface area (Å²) in [6.45, 7) is 0. The molecule has 0 N–H and O–H groups in total. The highest BCUT2D eigenvalue weighted by Gasteiger charge is 2.20. The molecule has 0 spiro atoms. The predicted molar refractivity (Wildman–Crippen MR) is 229 cm³/mol. The smallest absolute Gasteiger partial charge is 0.164 e. The summed E-state index contributed by atoms with van der Waals surface area (Å²) >= 11 is 0. The quantitative estimate of drug-likeness (QED) is 0.172. The van der Waals surface area contributed by atoms with Crippen molar-refractivity contribution in [3.63, 3.8) is 0 Å². The largest absolute Gasteiger partial charge is 0.456 e. The van der Waals surface area contributed by atoms with E-state index in [4.69, 9.17) is 19.4 Å². The van der Waals surface area contributed by atoms with Crippen molar-refractivity contribution in [2.75, 3.05) is 0 Å². The van der Waals surface area contributed by atoms with E-state index in [0.29, 0.717) is 17.5 Å². The molecular weight excluding hydrogens is 685 g/mol. The first kappa shape index (κ1) is 31.9. The Morgan fingerprint density at radius 3 is 1.59 bits per heavy atom. The second-order valence-corrected chi connectivity index (χ2v) is 14.0. The third-order valence-electron chi connectivity index (χ3n) is 10.6. The summed E-state index contributed by atoms with van der Waals surface area (Å²) < 4.78 is 9.04. The molecule has 8 aromatic carbocycles. The van der Waals surface area contributed by atoms with Crippen molar-refractivity contribution in [2.45, 2.75) is 0 Å². The van der Waals surface area contributed by atoms with Gasteiger partial charge in [0.25, 0.3) is 0 Å². The number of hydrogen-bond donors (Lipinski definition) is 0. The van der Waals surface area contributed by atoms with Gasteiger partial charge in [0.2, 0.25) is 0 Å². The van der Waals surface area contributed by atoms with E-state index in [0.717, 1.165) is 66.5 Å². The molecule has 11 rings (SSSR count). The predicted octanol–water partition coefficient (Wildman–Crippen LogP) is 13.2. The summed E-state index contributed by atoms with van der Waals surface area (Å²) in [6, 6.07) is 67.4. The van der Waals surface area contributed by atoms with Gasteiger partial charge in [-0.2, -0.15) is 0 Å². The Labute approximate surface area is 322 Å². The average Bonchev–Trinajstić information content (AvgIpc) is 3.82. The molecule has 0 aliphatic carbocycles. The van der Waals surface area contributed by atoms with E-state index in [-0.39, 0.29) is 0 Å². The van der Waals surface area contributed by atoms with Crippen molar-refractivity contribution in [3.8, 4) is 62.1 Å². The summed E-state index contributed by atoms with van der Waals surface area (Å²) in [5.74, 6) is 1.81. The number of furan rings is 1. The molecule has 56 heavy (non-hydrogen) atoms. The van der Waals surface area contributed by atoms with Gasteiger partial charge < -0.3 is 8.98 Å². The van der Waals surface area contributed by atoms with E-state index in [9.17, 15) is 0 Å². The number of rotatable bonds is 6. The van der Waals surface area contributed by atoms with Gasteiger partial charge in [-0.3, -0.25) is 0 Å². The summed E-state index contributed by atoms with van der Waals surface area (Å²) in [4.78, 5) is 15.1. The minimum Gasteiger partial charge on any atom is -0.456 e. The van der Waals surface area contributed by atoms with Gasteiger partial charge >= 0.3 is 0 Å². The first-order valence-electron chi connectivity index (χ1n) is 18.8. The number of nitrogens with zero attached hydrogens (tertiary/aromatic N) is 4. The van der Waals surface area contributed by atoms with Gasteiger partial charge in [0.05, 0.1) is 22.1 Å². The second-order valence-electron chi connectivity index (χ2n) is 14.0. The lowest BCUT2D eigenvalue weighted by atomic mass is 10.0. The normalized spacial score (nSPS) is 11.6. The number of benzene rings is 8. The van der Waals surface area contributed by atoms with Gasteiger partial charge in [-0.25, -0.2) is 15.0 Å². The Morgan fingerprint density at radius 2 is 0.857 bits per heavy atom. The zero-order valence-corrected chi connectivity index (χ0v) is 30.2. The lowest BCUT2D eigenvalue weighted by Gasteiger charge is -2.10. The Hall–Kier alpha value is -7.63. The molecule has 0 unspecified atom stereocenters. The van der Waals surface area contributed by atoms with Crippen molar-refractivity contribution in [1.29, 1.82) is 0 Å². The number of hydrogen-bond acceptors (Lipinski definition) is 4. The summed E-state index contributed by atoms with van der Waals surface area (Å²) in [7, 11) is 0. The van der Waals surface area contributed by atoms with Crippen LogP contribution in [0.15, 0.2) is 199 Å². The molecule has 5 heteroatoms. The third-order valence-corrected chi connectivity index (χ3v) is 10.6. The highest BCUT2D eigenvalue weighted by Crippen LogP contribution is 2.40. The lowest BCUT2D eigenvalue weighted by Crippen LogP contribution is -2.00. The number of fused-ring (bicyclic) bond motifs is 6. The van der Waals surface area contributed by atoms with Crippen LogP contribution in [0.25, 0.3) is 106 Å². The Balaban J connectivity index is 1.07. The van der Waals surface area contributed by atoms with Crippen molar-refractivity contribution in [1.82, 2.24) is 19.5 Å². The van der Waals surface area contributed by atoms with Gasteiger partial charge in [0.15, 0.2) is 17.5 Å². The Kier molecular flexibility index (Phi) is 7.42. The molecule has 0 bridgehead atoms. The van der Waals surface area contributed by atoms with Crippen LogP contribution in [0.2, 0.25) is 0 Å². The van der Waals surface area contributed by atoms with Crippen LogP contribution in [-0.4, -0.2) is 19.5 Å². The van der Waals surface area contributed by atoms with E-state index in [1.54, 1.807) is 0 Å². The van der Waals surface area contributed by atoms with Crippen LogP contribution in [0.5, 0.6) is 0 Å². The van der Waals surface area contributed by atoms with Crippen LogP contribution >= 0.6 is 0 Å². The molecule has 3 aromatic heterocycles. The van der Waals surface area contributed by atoms with Crippen molar-refractivity contribution >= 4 is 43.7 Å². The maximum Gasteiger partial charge on any atom is 0.164 e. The zero-order valence-electron chi connectivity index (χ0n) is 30.2. The molecule has 0 atom stereocenters. The minimum atomic E-state index is 0.582. The first-order valence-corrected chi connectivity index (χ1v) is 18.8. The molecule has 0 aliphatic heterocycles. The fourth-order valence-corrected chi connectivity index (χ4v) is 7.99. The molecule has 0 saturated carbocycles. The fourth-order valence-electron chi connectivity index (χ4n) is 7.99. The Morgan fingerprint density at radius 1 is 0.321 bits per heavy atom. The maximum atomic E-state index is 6.66. The summed E-state index contributed by atoms with van der Waals surface area (Å²) in [6.07, 6.45) is 0. The third kappa shape index (κ3) is 5.37. The maximum absolute atomic E-state index is 6.66. The molecule has 0 amide bonds. The fraction of sp³-hybridized carbons (Fsp3) is 0. The molecule has 3 heterocycles. The van der Waals surface area contributed by atoms with Gasteiger partial charge in [-0.15, -0.1) is 0 Å². The van der Waals surface area contributed by atoms with Crippen LogP contribution in [0.3, 0.4) is 0 Å². The molecule has 0 radical (unpaired) electrons. The highest BCUT2D eigenvalue weighted by atomic mass is 16.3. The second kappa shape index (κ2) is 13.0. The number of para-hydroxylation sites is 1. The van der Waals surface area contributed by atoms with Gasteiger partial charge in [0, 0.05) is 32.8 Å². The first-order chi connectivity index (χ1) is 27.7. The van der Waals surface area contributed by atoms with Crippen molar-refractivity contribution in [2.24, 2.45) is 0 Å². The molecule has 0 fully saturated rings. The van der Waals surface area contributed by atoms with Crippen LogP contribution in [0, 0.1) is 0 Å². The molecule has 0 saturated heterocycles. The van der Waals surface area contributed by atoms with Gasteiger partial charge in [0.1, 0.15) is 11.2 Å². The summed E-state index contributed by atoms with van der Waals surface area (Å²) in [5.41, 5.74) is 12.3. The van der Waals surface area contributed by atoms with E-state index in [1.165, 1.54) is 21.9 Å². The van der Waals surface area contributed by atoms with Crippen molar-refractivity contribution in [3.05, 3.63) is 194 Å². The SMILES string of the molecule is c1ccc(-c2cccc(-c3nc(-c4ccccc4)nc(-c4ccc5c(c4)oc4cccc(-n6c7ccccc7c7cc(-c8ccccc8)ccc76)c45)n3)c2)cc1. The standard InChI is InChI=1S/C51H32N4O/c1-4-14-33(15-5-1)36-20-12-21-38(30-36)50-52-49(35-18-8-3-9-19-35)53-51(54-50)39-26-28-41-47(32-39)56-46-25-13-24-45(48(41)46)55-43-23-11-10-22-40(43)42-31-37(27-29-44(42)55)34-16-6-2-7-17-34/h1-32H. The topological polar surface area (TPSA) is 56.7 Å². The summed E-state index contributed by atoms with van der Waals surface area (Å²) in [5, 5.41) is 4.51. The van der Waals surface area contributed by atoms with E-state index < -0.39 is 0 Å². The number of aromatic nitrogens is 4. The molecule has 262 valence electrons. The highest BCUT2D eigenvalue weighted by molar-refractivity contribution is 6.15. The van der Waals surface area contributed by atoms with Crippen LogP contribution < -0.4 is 0 Å². The minimum absolute atomic E-state index is 0.582.